The van der Waals surface area contributed by atoms with Crippen LogP contribution in [0, 0.1) is 5.21 Å². The molecule has 2 heterocycles. The Morgan fingerprint density at radius 2 is 2.03 bits per heavy atom. The average molecular weight is 427 g/mol. The van der Waals surface area contributed by atoms with Gasteiger partial charge in [-0.2, -0.15) is 0 Å². The highest BCUT2D eigenvalue weighted by atomic mass is 16.6. The van der Waals surface area contributed by atoms with Gasteiger partial charge in [0.15, 0.2) is 12.1 Å². The third-order valence-corrected chi connectivity index (χ3v) is 6.26. The first kappa shape index (κ1) is 24.5. The molecule has 2 aliphatic rings. The van der Waals surface area contributed by atoms with Gasteiger partial charge in [-0.3, -0.25) is 0 Å². The van der Waals surface area contributed by atoms with E-state index in [0.29, 0.717) is 24.1 Å². The SMILES string of the molecule is C/C=C(/C)C(=O)O[C@H]1CC[N+]2([O-])CC=C(COC(=O)C(O)([C@H](C)OC)C(C)(C)O)[C@H]12. The number of esters is 2. The van der Waals surface area contributed by atoms with Crippen molar-refractivity contribution >= 4 is 11.9 Å². The number of carbonyl (C=O) groups excluding carboxylic acids is 2. The lowest BCUT2D eigenvalue weighted by Crippen LogP contribution is -2.63. The van der Waals surface area contributed by atoms with E-state index in [2.05, 4.69) is 0 Å². The Hall–Kier alpha value is -1.78. The number of ether oxygens (including phenoxy) is 3. The lowest BCUT2D eigenvalue weighted by molar-refractivity contribution is -0.877. The summed E-state index contributed by atoms with van der Waals surface area (Å²) in [5, 5.41) is 34.3. The van der Waals surface area contributed by atoms with Crippen molar-refractivity contribution in [3.05, 3.63) is 28.5 Å². The molecule has 2 N–H and O–H groups in total. The van der Waals surface area contributed by atoms with Crippen LogP contribution in [0.25, 0.3) is 0 Å². The van der Waals surface area contributed by atoms with Gasteiger partial charge in [0.2, 0.25) is 5.60 Å². The Bertz CT molecular complexity index is 740. The molecule has 0 amide bonds. The van der Waals surface area contributed by atoms with E-state index >= 15 is 0 Å². The first-order valence-corrected chi connectivity index (χ1v) is 10.1. The van der Waals surface area contributed by atoms with Gasteiger partial charge in [-0.1, -0.05) is 6.08 Å². The maximum Gasteiger partial charge on any atom is 0.344 e. The summed E-state index contributed by atoms with van der Waals surface area (Å²) in [6.07, 6.45) is 2.08. The van der Waals surface area contributed by atoms with Crippen molar-refractivity contribution < 1.29 is 38.7 Å². The molecule has 0 aliphatic carbocycles. The summed E-state index contributed by atoms with van der Waals surface area (Å²) >= 11 is 0. The third kappa shape index (κ3) is 4.31. The Labute approximate surface area is 177 Å². The minimum atomic E-state index is -2.31. The number of nitrogens with zero attached hydrogens (tertiary/aromatic N) is 1. The van der Waals surface area contributed by atoms with Gasteiger partial charge >= 0.3 is 11.9 Å². The monoisotopic (exact) mass is 427 g/mol. The van der Waals surface area contributed by atoms with Crippen LogP contribution in [0.5, 0.6) is 0 Å². The molecular weight excluding hydrogens is 394 g/mol. The van der Waals surface area contributed by atoms with Crippen LogP contribution in [-0.4, -0.2) is 83.1 Å². The molecule has 5 atom stereocenters. The molecule has 1 saturated heterocycles. The number of hydrogen-bond acceptors (Lipinski definition) is 8. The number of rotatable bonds is 8. The van der Waals surface area contributed by atoms with Crippen LogP contribution in [0.3, 0.4) is 0 Å². The molecule has 2 rings (SSSR count). The molecule has 9 nitrogen and oxygen atoms in total. The molecule has 0 aromatic heterocycles. The molecule has 1 fully saturated rings. The zero-order valence-electron chi connectivity index (χ0n) is 18.5. The molecular formula is C21H33NO8. The number of aliphatic hydroxyl groups is 2. The second-order valence-electron chi connectivity index (χ2n) is 8.57. The molecule has 30 heavy (non-hydrogen) atoms. The van der Waals surface area contributed by atoms with Crippen LogP contribution in [0.15, 0.2) is 23.3 Å². The highest BCUT2D eigenvalue weighted by Crippen LogP contribution is 2.38. The van der Waals surface area contributed by atoms with E-state index in [1.54, 1.807) is 26.0 Å². The molecule has 170 valence electrons. The van der Waals surface area contributed by atoms with E-state index in [0.717, 1.165) is 0 Å². The van der Waals surface area contributed by atoms with Crippen LogP contribution in [-0.2, 0) is 23.8 Å². The Kier molecular flexibility index (Phi) is 7.15. The van der Waals surface area contributed by atoms with Gasteiger partial charge in [0.1, 0.15) is 12.2 Å². The molecule has 2 aliphatic heterocycles. The fraction of sp³-hybridized carbons (Fsp3) is 0.714. The molecule has 0 radical (unpaired) electrons. The topological polar surface area (TPSA) is 125 Å². The van der Waals surface area contributed by atoms with Gasteiger partial charge in [-0.05, 0) is 40.7 Å². The van der Waals surface area contributed by atoms with Crippen molar-refractivity contribution in [2.24, 2.45) is 0 Å². The van der Waals surface area contributed by atoms with E-state index < -0.39 is 46.0 Å². The minimum absolute atomic E-state index is 0.193. The lowest BCUT2D eigenvalue weighted by Gasteiger charge is -2.41. The highest BCUT2D eigenvalue weighted by molar-refractivity contribution is 5.87. The van der Waals surface area contributed by atoms with Gasteiger partial charge in [0.05, 0.1) is 19.2 Å². The number of quaternary nitrogens is 1. The second-order valence-corrected chi connectivity index (χ2v) is 8.57. The summed E-state index contributed by atoms with van der Waals surface area (Å²) in [6, 6.07) is -0.665. The number of hydroxylamine groups is 3. The highest BCUT2D eigenvalue weighted by Gasteiger charge is 2.56. The van der Waals surface area contributed by atoms with Gasteiger partial charge in [0.25, 0.3) is 0 Å². The third-order valence-electron chi connectivity index (χ3n) is 6.26. The summed E-state index contributed by atoms with van der Waals surface area (Å²) < 4.78 is 15.4. The molecule has 0 aromatic rings. The Morgan fingerprint density at radius 1 is 1.40 bits per heavy atom. The van der Waals surface area contributed by atoms with Crippen LogP contribution in [0.4, 0.5) is 0 Å². The predicted molar refractivity (Wildman–Crippen MR) is 108 cm³/mol. The van der Waals surface area contributed by atoms with Crippen molar-refractivity contribution in [3.8, 4) is 0 Å². The fourth-order valence-electron chi connectivity index (χ4n) is 4.04. The zero-order chi connectivity index (χ0) is 22.9. The van der Waals surface area contributed by atoms with Crippen molar-refractivity contribution in [2.45, 2.75) is 70.5 Å². The standard InChI is InChI=1S/C21H33NO8/c1-7-13(2)18(23)30-16-9-11-22(27)10-8-15(17(16)22)12-29-19(24)21(26,14(3)28-6)20(4,5)25/h7-8,14,16-17,25-26H,9-12H2,1-6H3/b13-7-/t14-,16-,17+,21?,22?/m0/s1. The quantitative estimate of drug-likeness (QED) is 0.193. The lowest BCUT2D eigenvalue weighted by atomic mass is 9.81. The molecule has 0 aromatic carbocycles. The van der Waals surface area contributed by atoms with Crippen LogP contribution in [0.2, 0.25) is 0 Å². The van der Waals surface area contributed by atoms with E-state index in [4.69, 9.17) is 14.2 Å². The largest absolute Gasteiger partial charge is 0.632 e. The number of carbonyl (C=O) groups is 2. The number of hydrogen-bond donors (Lipinski definition) is 2. The summed E-state index contributed by atoms with van der Waals surface area (Å²) in [6.45, 7) is 7.62. The average Bonchev–Trinajstić information content (AvgIpc) is 3.18. The normalized spacial score (nSPS) is 29.6. The summed E-state index contributed by atoms with van der Waals surface area (Å²) in [7, 11) is 1.31. The van der Waals surface area contributed by atoms with E-state index in [1.165, 1.54) is 27.9 Å². The van der Waals surface area contributed by atoms with E-state index in [-0.39, 0.29) is 13.2 Å². The molecule has 9 heteroatoms. The zero-order valence-corrected chi connectivity index (χ0v) is 18.5. The molecule has 0 saturated carbocycles. The van der Waals surface area contributed by atoms with Crippen LogP contribution < -0.4 is 0 Å². The number of allylic oxidation sites excluding steroid dienone is 1. The van der Waals surface area contributed by atoms with Gasteiger partial charge in [-0.15, -0.1) is 0 Å². The van der Waals surface area contributed by atoms with Crippen LogP contribution in [0.1, 0.15) is 41.0 Å². The van der Waals surface area contributed by atoms with Crippen molar-refractivity contribution in [1.29, 1.82) is 0 Å². The van der Waals surface area contributed by atoms with Gasteiger partial charge < -0.3 is 34.3 Å². The Balaban J connectivity index is 2.14. The molecule has 0 bridgehead atoms. The van der Waals surface area contributed by atoms with Crippen molar-refractivity contribution in [3.63, 3.8) is 0 Å². The first-order chi connectivity index (χ1) is 13.8. The van der Waals surface area contributed by atoms with Gasteiger partial charge in [-0.25, -0.2) is 9.59 Å². The first-order valence-electron chi connectivity index (χ1n) is 10.1. The minimum Gasteiger partial charge on any atom is -0.632 e. The Morgan fingerprint density at radius 3 is 2.57 bits per heavy atom. The second kappa shape index (κ2) is 8.76. The molecule has 2 unspecified atom stereocenters. The van der Waals surface area contributed by atoms with E-state index in [1.807, 2.05) is 0 Å². The predicted octanol–water partition coefficient (Wildman–Crippen LogP) is 0.971. The van der Waals surface area contributed by atoms with Crippen LogP contribution >= 0.6 is 0 Å². The smallest absolute Gasteiger partial charge is 0.344 e. The molecule has 0 spiro atoms. The fourth-order valence-corrected chi connectivity index (χ4v) is 4.04. The van der Waals surface area contributed by atoms with Gasteiger partial charge in [0, 0.05) is 24.7 Å². The van der Waals surface area contributed by atoms with Crippen molar-refractivity contribution in [2.75, 3.05) is 26.8 Å². The number of fused-ring (bicyclic) bond motifs is 1. The van der Waals surface area contributed by atoms with Crippen molar-refractivity contribution in [1.82, 2.24) is 0 Å². The summed E-state index contributed by atoms with van der Waals surface area (Å²) in [5.74, 6) is -1.54. The maximum absolute atomic E-state index is 13.1. The summed E-state index contributed by atoms with van der Waals surface area (Å²) in [5.41, 5.74) is -3.16. The number of methoxy groups -OCH3 is 1. The summed E-state index contributed by atoms with van der Waals surface area (Å²) in [4.78, 5) is 24.9. The maximum atomic E-state index is 13.1. The van der Waals surface area contributed by atoms with E-state index in [9.17, 15) is 25.0 Å².